The molecule has 21 heavy (non-hydrogen) atoms. The van der Waals surface area contributed by atoms with Crippen LogP contribution in [0.25, 0.3) is 0 Å². The van der Waals surface area contributed by atoms with E-state index in [1.54, 1.807) is 12.4 Å². The van der Waals surface area contributed by atoms with E-state index in [2.05, 4.69) is 4.98 Å². The molecule has 110 valence electrons. The number of benzene rings is 1. The Labute approximate surface area is 124 Å². The fourth-order valence-electron chi connectivity index (χ4n) is 2.59. The highest BCUT2D eigenvalue weighted by atomic mass is 16.5. The van der Waals surface area contributed by atoms with Gasteiger partial charge in [0.25, 0.3) is 0 Å². The molecule has 0 spiro atoms. The van der Waals surface area contributed by atoms with Crippen LogP contribution in [0.4, 0.5) is 0 Å². The minimum Gasteiger partial charge on any atom is -0.487 e. The molecule has 2 aromatic rings. The van der Waals surface area contributed by atoms with E-state index in [1.165, 1.54) is 0 Å². The van der Waals surface area contributed by atoms with Crippen molar-refractivity contribution in [2.75, 3.05) is 6.61 Å². The van der Waals surface area contributed by atoms with Gasteiger partial charge in [0, 0.05) is 18.2 Å². The maximum atomic E-state index is 10.7. The van der Waals surface area contributed by atoms with Gasteiger partial charge in [-0.15, -0.1) is 0 Å². The monoisotopic (exact) mass is 285 g/mol. The minimum atomic E-state index is -0.973. The van der Waals surface area contributed by atoms with Gasteiger partial charge in [0.1, 0.15) is 18.0 Å². The standard InChI is InChI=1S/C17H19NO3/c1-13-17(19,7-8-20-13)15-9-16(11-18-10-15)21-12-14-5-3-2-4-6-14/h2-6,9-11,13,19H,7-8,12H2,1H3. The average molecular weight is 285 g/mol. The molecule has 1 aromatic heterocycles. The third-order valence-electron chi connectivity index (χ3n) is 3.98. The number of aromatic nitrogens is 1. The molecule has 4 heteroatoms. The number of ether oxygens (including phenoxy) is 2. The second-order valence-electron chi connectivity index (χ2n) is 5.37. The van der Waals surface area contributed by atoms with E-state index in [0.29, 0.717) is 25.4 Å². The number of aliphatic hydroxyl groups is 1. The number of pyridine rings is 1. The molecular weight excluding hydrogens is 266 g/mol. The fraction of sp³-hybridized carbons (Fsp3) is 0.353. The van der Waals surface area contributed by atoms with Crippen LogP contribution in [-0.2, 0) is 16.9 Å². The predicted molar refractivity (Wildman–Crippen MR) is 78.9 cm³/mol. The summed E-state index contributed by atoms with van der Waals surface area (Å²) in [5, 5.41) is 10.7. The van der Waals surface area contributed by atoms with E-state index in [-0.39, 0.29) is 6.10 Å². The number of rotatable bonds is 4. The maximum Gasteiger partial charge on any atom is 0.138 e. The first kappa shape index (κ1) is 14.0. The van der Waals surface area contributed by atoms with Gasteiger partial charge in [-0.25, -0.2) is 0 Å². The van der Waals surface area contributed by atoms with Crippen molar-refractivity contribution < 1.29 is 14.6 Å². The smallest absolute Gasteiger partial charge is 0.138 e. The van der Waals surface area contributed by atoms with Crippen molar-refractivity contribution in [1.82, 2.24) is 4.98 Å². The molecule has 2 atom stereocenters. The van der Waals surface area contributed by atoms with Crippen LogP contribution < -0.4 is 4.74 Å². The third-order valence-corrected chi connectivity index (χ3v) is 3.98. The molecule has 1 fully saturated rings. The normalized spacial score (nSPS) is 25.0. The Morgan fingerprint density at radius 2 is 2.14 bits per heavy atom. The van der Waals surface area contributed by atoms with Crippen LogP contribution in [0.5, 0.6) is 5.75 Å². The zero-order chi connectivity index (χ0) is 14.7. The van der Waals surface area contributed by atoms with Gasteiger partial charge in [0.2, 0.25) is 0 Å². The Balaban J connectivity index is 1.74. The van der Waals surface area contributed by atoms with Crippen molar-refractivity contribution in [1.29, 1.82) is 0 Å². The van der Waals surface area contributed by atoms with E-state index in [4.69, 9.17) is 9.47 Å². The highest BCUT2D eigenvalue weighted by Crippen LogP contribution is 2.36. The molecule has 3 rings (SSSR count). The summed E-state index contributed by atoms with van der Waals surface area (Å²) in [6.45, 7) is 2.92. The first-order valence-electron chi connectivity index (χ1n) is 7.15. The largest absolute Gasteiger partial charge is 0.487 e. The van der Waals surface area contributed by atoms with Crippen molar-refractivity contribution >= 4 is 0 Å². The Morgan fingerprint density at radius 1 is 1.33 bits per heavy atom. The Bertz CT molecular complexity index is 602. The van der Waals surface area contributed by atoms with Crippen molar-refractivity contribution in [2.24, 2.45) is 0 Å². The first-order chi connectivity index (χ1) is 10.2. The lowest BCUT2D eigenvalue weighted by atomic mass is 9.89. The predicted octanol–water partition coefficient (Wildman–Crippen LogP) is 2.66. The molecule has 0 saturated carbocycles. The summed E-state index contributed by atoms with van der Waals surface area (Å²) in [4.78, 5) is 4.18. The van der Waals surface area contributed by atoms with Gasteiger partial charge in [0.15, 0.2) is 0 Å². The highest BCUT2D eigenvalue weighted by molar-refractivity contribution is 5.30. The summed E-state index contributed by atoms with van der Waals surface area (Å²) >= 11 is 0. The van der Waals surface area contributed by atoms with Crippen molar-refractivity contribution in [3.63, 3.8) is 0 Å². The molecule has 4 nitrogen and oxygen atoms in total. The fourth-order valence-corrected chi connectivity index (χ4v) is 2.59. The molecule has 2 heterocycles. The molecule has 1 N–H and O–H groups in total. The first-order valence-corrected chi connectivity index (χ1v) is 7.15. The van der Waals surface area contributed by atoms with Crippen LogP contribution in [-0.4, -0.2) is 22.8 Å². The number of hydrogen-bond acceptors (Lipinski definition) is 4. The summed E-state index contributed by atoms with van der Waals surface area (Å²) in [6, 6.07) is 11.8. The number of nitrogens with zero attached hydrogens (tertiary/aromatic N) is 1. The van der Waals surface area contributed by atoms with Crippen molar-refractivity contribution in [2.45, 2.75) is 31.7 Å². The molecule has 0 radical (unpaired) electrons. The van der Waals surface area contributed by atoms with Gasteiger partial charge in [-0.3, -0.25) is 4.98 Å². The van der Waals surface area contributed by atoms with E-state index < -0.39 is 5.60 Å². The van der Waals surface area contributed by atoms with E-state index in [0.717, 1.165) is 11.1 Å². The lowest BCUT2D eigenvalue weighted by molar-refractivity contribution is -0.0320. The molecule has 0 bridgehead atoms. The van der Waals surface area contributed by atoms with Gasteiger partial charge in [-0.05, 0) is 18.6 Å². The SMILES string of the molecule is CC1OCCC1(O)c1cncc(OCc2ccccc2)c1. The molecule has 1 aromatic carbocycles. The molecule has 0 aliphatic carbocycles. The van der Waals surface area contributed by atoms with Crippen molar-refractivity contribution in [3.05, 3.63) is 59.9 Å². The van der Waals surface area contributed by atoms with E-state index in [9.17, 15) is 5.11 Å². The second-order valence-corrected chi connectivity index (χ2v) is 5.37. The Kier molecular flexibility index (Phi) is 3.90. The lowest BCUT2D eigenvalue weighted by Crippen LogP contribution is -2.33. The zero-order valence-corrected chi connectivity index (χ0v) is 12.0. The van der Waals surface area contributed by atoms with Gasteiger partial charge in [-0.2, -0.15) is 0 Å². The van der Waals surface area contributed by atoms with Gasteiger partial charge in [0.05, 0.1) is 18.9 Å². The minimum absolute atomic E-state index is 0.233. The Morgan fingerprint density at radius 3 is 2.86 bits per heavy atom. The van der Waals surface area contributed by atoms with Gasteiger partial charge < -0.3 is 14.6 Å². The Hall–Kier alpha value is -1.91. The summed E-state index contributed by atoms with van der Waals surface area (Å²) < 4.78 is 11.2. The summed E-state index contributed by atoms with van der Waals surface area (Å²) in [7, 11) is 0. The quantitative estimate of drug-likeness (QED) is 0.938. The highest BCUT2D eigenvalue weighted by Gasteiger charge is 2.41. The summed E-state index contributed by atoms with van der Waals surface area (Å²) in [5.41, 5.74) is 0.872. The van der Waals surface area contributed by atoms with Crippen molar-refractivity contribution in [3.8, 4) is 5.75 Å². The van der Waals surface area contributed by atoms with Crippen LogP contribution in [0.15, 0.2) is 48.8 Å². The molecule has 1 aliphatic heterocycles. The second kappa shape index (κ2) is 5.84. The average Bonchev–Trinajstić information content (AvgIpc) is 2.87. The lowest BCUT2D eigenvalue weighted by Gasteiger charge is -2.26. The molecular formula is C17H19NO3. The topological polar surface area (TPSA) is 51.6 Å². The maximum absolute atomic E-state index is 10.7. The number of hydrogen-bond donors (Lipinski definition) is 1. The van der Waals surface area contributed by atoms with Gasteiger partial charge in [-0.1, -0.05) is 30.3 Å². The third kappa shape index (κ3) is 2.91. The van der Waals surface area contributed by atoms with Gasteiger partial charge >= 0.3 is 0 Å². The van der Waals surface area contributed by atoms with Crippen LogP contribution in [0, 0.1) is 0 Å². The van der Waals surface area contributed by atoms with Crippen LogP contribution in [0.3, 0.4) is 0 Å². The summed E-state index contributed by atoms with van der Waals surface area (Å²) in [5.74, 6) is 0.656. The van der Waals surface area contributed by atoms with E-state index in [1.807, 2.05) is 43.3 Å². The molecule has 1 saturated heterocycles. The molecule has 0 amide bonds. The summed E-state index contributed by atoms with van der Waals surface area (Å²) in [6.07, 6.45) is 3.69. The van der Waals surface area contributed by atoms with Crippen LogP contribution in [0.1, 0.15) is 24.5 Å². The van der Waals surface area contributed by atoms with Crippen LogP contribution in [0.2, 0.25) is 0 Å². The zero-order valence-electron chi connectivity index (χ0n) is 12.0. The molecule has 2 unspecified atom stereocenters. The van der Waals surface area contributed by atoms with Crippen LogP contribution >= 0.6 is 0 Å². The van der Waals surface area contributed by atoms with E-state index >= 15 is 0 Å². The molecule has 1 aliphatic rings.